The number of aliphatic hydroxyl groups excluding tert-OH is 1. The maximum atomic E-state index is 12.0. The summed E-state index contributed by atoms with van der Waals surface area (Å²) in [4.78, 5) is 12.0. The van der Waals surface area contributed by atoms with Gasteiger partial charge in [0.25, 0.3) is 0 Å². The first-order valence-electron chi connectivity index (χ1n) is 6.98. The average molecular weight is 278 g/mol. The van der Waals surface area contributed by atoms with Crippen LogP contribution in [-0.2, 0) is 16.0 Å². The minimum absolute atomic E-state index is 0.0385. The number of nitrogens with one attached hydrogen (secondary N) is 1. The number of nitrogens with two attached hydrogens (primary N) is 1. The number of aliphatic hydroxyl groups is 1. The van der Waals surface area contributed by atoms with Crippen LogP contribution in [-0.4, -0.2) is 36.4 Å². The Morgan fingerprint density at radius 2 is 2.15 bits per heavy atom. The van der Waals surface area contributed by atoms with E-state index in [1.165, 1.54) is 0 Å². The molecule has 1 aliphatic rings. The van der Waals surface area contributed by atoms with E-state index < -0.39 is 5.54 Å². The Morgan fingerprint density at radius 1 is 1.40 bits per heavy atom. The van der Waals surface area contributed by atoms with E-state index in [2.05, 4.69) is 5.32 Å². The lowest BCUT2D eigenvalue weighted by molar-refractivity contribution is -0.125. The zero-order chi connectivity index (χ0) is 14.4. The van der Waals surface area contributed by atoms with Crippen molar-refractivity contribution in [1.82, 2.24) is 5.32 Å². The van der Waals surface area contributed by atoms with Gasteiger partial charge in [-0.05, 0) is 37.0 Å². The highest BCUT2D eigenvalue weighted by molar-refractivity contribution is 5.77. The highest BCUT2D eigenvalue weighted by Gasteiger charge is 2.33. The molecule has 2 rings (SSSR count). The highest BCUT2D eigenvalue weighted by Crippen LogP contribution is 2.20. The molecule has 0 atom stereocenters. The van der Waals surface area contributed by atoms with Gasteiger partial charge in [-0.2, -0.15) is 0 Å². The van der Waals surface area contributed by atoms with Crippen LogP contribution in [0.2, 0.25) is 0 Å². The molecule has 1 saturated heterocycles. The standard InChI is InChI=1S/C15H22N2O3/c16-13-3-1-2-12(10-13)4-5-14(19)17-15(11-18)6-8-20-9-7-15/h1-3,10,18H,4-9,11,16H2,(H,17,19). The Kier molecular flexibility index (Phi) is 4.98. The summed E-state index contributed by atoms with van der Waals surface area (Å²) >= 11 is 0. The molecule has 5 nitrogen and oxygen atoms in total. The number of hydrogen-bond donors (Lipinski definition) is 3. The quantitative estimate of drug-likeness (QED) is 0.697. The topological polar surface area (TPSA) is 84.6 Å². The third-order valence-electron chi connectivity index (χ3n) is 3.75. The van der Waals surface area contributed by atoms with Gasteiger partial charge >= 0.3 is 0 Å². The van der Waals surface area contributed by atoms with Gasteiger partial charge in [0.15, 0.2) is 0 Å². The molecule has 1 amide bonds. The van der Waals surface area contributed by atoms with E-state index in [4.69, 9.17) is 10.5 Å². The van der Waals surface area contributed by atoms with Gasteiger partial charge in [0.2, 0.25) is 5.91 Å². The van der Waals surface area contributed by atoms with E-state index in [1.807, 2.05) is 24.3 Å². The molecule has 0 bridgehead atoms. The van der Waals surface area contributed by atoms with Crippen LogP contribution >= 0.6 is 0 Å². The summed E-state index contributed by atoms with van der Waals surface area (Å²) in [5.41, 5.74) is 6.95. The predicted octanol–water partition coefficient (Wildman–Crippen LogP) is 0.859. The van der Waals surface area contributed by atoms with E-state index in [0.29, 0.717) is 44.6 Å². The van der Waals surface area contributed by atoms with Crippen molar-refractivity contribution < 1.29 is 14.6 Å². The molecule has 1 aromatic carbocycles. The second-order valence-electron chi connectivity index (χ2n) is 5.34. The van der Waals surface area contributed by atoms with Gasteiger partial charge in [-0.25, -0.2) is 0 Å². The van der Waals surface area contributed by atoms with Gasteiger partial charge in [0.1, 0.15) is 0 Å². The monoisotopic (exact) mass is 278 g/mol. The molecule has 4 N–H and O–H groups in total. The van der Waals surface area contributed by atoms with Crippen LogP contribution in [0.1, 0.15) is 24.8 Å². The van der Waals surface area contributed by atoms with Gasteiger partial charge in [-0.1, -0.05) is 12.1 Å². The third-order valence-corrected chi connectivity index (χ3v) is 3.75. The molecular weight excluding hydrogens is 256 g/mol. The SMILES string of the molecule is Nc1cccc(CCC(=O)NC2(CO)CCOCC2)c1. The first-order valence-corrected chi connectivity index (χ1v) is 6.98. The van der Waals surface area contributed by atoms with Crippen molar-refractivity contribution in [3.05, 3.63) is 29.8 Å². The van der Waals surface area contributed by atoms with E-state index in [9.17, 15) is 9.90 Å². The molecule has 0 saturated carbocycles. The largest absolute Gasteiger partial charge is 0.399 e. The molecule has 1 heterocycles. The normalized spacial score (nSPS) is 17.6. The summed E-state index contributed by atoms with van der Waals surface area (Å²) in [7, 11) is 0. The van der Waals surface area contributed by atoms with E-state index in [1.54, 1.807) is 0 Å². The van der Waals surface area contributed by atoms with E-state index in [0.717, 1.165) is 5.56 Å². The van der Waals surface area contributed by atoms with Crippen molar-refractivity contribution >= 4 is 11.6 Å². The van der Waals surface area contributed by atoms with Crippen LogP contribution < -0.4 is 11.1 Å². The van der Waals surface area contributed by atoms with Crippen LogP contribution in [0.3, 0.4) is 0 Å². The molecule has 5 heteroatoms. The zero-order valence-electron chi connectivity index (χ0n) is 11.6. The fraction of sp³-hybridized carbons (Fsp3) is 0.533. The van der Waals surface area contributed by atoms with Crippen LogP contribution in [0.5, 0.6) is 0 Å². The van der Waals surface area contributed by atoms with Crippen LogP contribution in [0.15, 0.2) is 24.3 Å². The second-order valence-corrected chi connectivity index (χ2v) is 5.34. The Labute approximate surface area is 119 Å². The number of rotatable bonds is 5. The van der Waals surface area contributed by atoms with Gasteiger partial charge in [0.05, 0.1) is 12.1 Å². The smallest absolute Gasteiger partial charge is 0.220 e. The summed E-state index contributed by atoms with van der Waals surface area (Å²) in [6.45, 7) is 1.12. The first-order chi connectivity index (χ1) is 9.63. The van der Waals surface area contributed by atoms with Gasteiger partial charge in [0, 0.05) is 25.3 Å². The number of amides is 1. The van der Waals surface area contributed by atoms with Crippen molar-refractivity contribution in [1.29, 1.82) is 0 Å². The molecule has 0 aromatic heterocycles. The third kappa shape index (κ3) is 3.95. The van der Waals surface area contributed by atoms with Crippen LogP contribution in [0.4, 0.5) is 5.69 Å². The van der Waals surface area contributed by atoms with Crippen molar-refractivity contribution in [3.63, 3.8) is 0 Å². The predicted molar refractivity (Wildman–Crippen MR) is 77.2 cm³/mol. The lowest BCUT2D eigenvalue weighted by Crippen LogP contribution is -2.54. The lowest BCUT2D eigenvalue weighted by atomic mass is 9.90. The number of benzene rings is 1. The van der Waals surface area contributed by atoms with Crippen molar-refractivity contribution in [2.75, 3.05) is 25.6 Å². The maximum Gasteiger partial charge on any atom is 0.220 e. The molecule has 0 aliphatic carbocycles. The number of anilines is 1. The number of aryl methyl sites for hydroxylation is 1. The zero-order valence-corrected chi connectivity index (χ0v) is 11.6. The molecule has 1 fully saturated rings. The van der Waals surface area contributed by atoms with Crippen molar-refractivity contribution in [3.8, 4) is 0 Å². The van der Waals surface area contributed by atoms with E-state index >= 15 is 0 Å². The molecule has 1 aromatic rings. The Bertz CT molecular complexity index is 456. The summed E-state index contributed by atoms with van der Waals surface area (Å²) in [5, 5.41) is 12.5. The second kappa shape index (κ2) is 6.72. The first kappa shape index (κ1) is 14.8. The summed E-state index contributed by atoms with van der Waals surface area (Å²) < 4.78 is 5.27. The molecule has 0 radical (unpaired) electrons. The Balaban J connectivity index is 1.85. The number of carbonyl (C=O) groups excluding carboxylic acids is 1. The summed E-state index contributed by atoms with van der Waals surface area (Å²) in [6.07, 6.45) is 2.36. The Morgan fingerprint density at radius 3 is 2.80 bits per heavy atom. The van der Waals surface area contributed by atoms with Crippen molar-refractivity contribution in [2.24, 2.45) is 0 Å². The Hall–Kier alpha value is -1.59. The average Bonchev–Trinajstić information content (AvgIpc) is 2.46. The molecule has 20 heavy (non-hydrogen) atoms. The summed E-state index contributed by atoms with van der Waals surface area (Å²) in [5.74, 6) is -0.0385. The number of ether oxygens (including phenoxy) is 1. The fourth-order valence-electron chi connectivity index (χ4n) is 2.45. The number of hydrogen-bond acceptors (Lipinski definition) is 4. The molecule has 0 spiro atoms. The van der Waals surface area contributed by atoms with E-state index in [-0.39, 0.29) is 12.5 Å². The minimum Gasteiger partial charge on any atom is -0.399 e. The van der Waals surface area contributed by atoms with Gasteiger partial charge < -0.3 is 20.9 Å². The molecule has 0 unspecified atom stereocenters. The fourth-order valence-corrected chi connectivity index (χ4v) is 2.45. The van der Waals surface area contributed by atoms with Gasteiger partial charge in [-0.3, -0.25) is 4.79 Å². The van der Waals surface area contributed by atoms with Gasteiger partial charge in [-0.15, -0.1) is 0 Å². The lowest BCUT2D eigenvalue weighted by Gasteiger charge is -2.36. The molecule has 1 aliphatic heterocycles. The van der Waals surface area contributed by atoms with Crippen LogP contribution in [0, 0.1) is 0 Å². The minimum atomic E-state index is -0.509. The maximum absolute atomic E-state index is 12.0. The molecule has 110 valence electrons. The summed E-state index contributed by atoms with van der Waals surface area (Å²) in [6, 6.07) is 7.55. The number of carbonyl (C=O) groups is 1. The molecular formula is C15H22N2O3. The highest BCUT2D eigenvalue weighted by atomic mass is 16.5. The van der Waals surface area contributed by atoms with Crippen LogP contribution in [0.25, 0.3) is 0 Å². The number of nitrogen functional groups attached to an aromatic ring is 1. The van der Waals surface area contributed by atoms with Crippen molar-refractivity contribution in [2.45, 2.75) is 31.2 Å².